The molecule has 0 aliphatic carbocycles. The number of hydrogen-bond donors (Lipinski definition) is 0. The number of imide groups is 1. The maximum atomic E-state index is 11.3. The minimum atomic E-state index is -0.253. The average molecular weight is 183 g/mol. The Hall–Kier alpha value is -1.19. The second kappa shape index (κ2) is 3.68. The molecule has 4 heteroatoms. The summed E-state index contributed by atoms with van der Waals surface area (Å²) in [6.45, 7) is 3.38. The largest absolute Gasteiger partial charge is 0.298 e. The number of rotatable bonds is 3. The van der Waals surface area contributed by atoms with E-state index in [-0.39, 0.29) is 36.5 Å². The number of likely N-dealkylation sites (tertiary alicyclic amines) is 1. The summed E-state index contributed by atoms with van der Waals surface area (Å²) in [4.78, 5) is 34.6. The second-order valence-electron chi connectivity index (χ2n) is 3.32. The Kier molecular flexibility index (Phi) is 2.80. The molecule has 4 nitrogen and oxygen atoms in total. The Morgan fingerprint density at radius 3 is 2.54 bits per heavy atom. The van der Waals surface area contributed by atoms with Gasteiger partial charge in [0.25, 0.3) is 0 Å². The van der Waals surface area contributed by atoms with Gasteiger partial charge in [0.1, 0.15) is 0 Å². The zero-order valence-electron chi connectivity index (χ0n) is 7.87. The molecule has 0 saturated carbocycles. The summed E-state index contributed by atoms with van der Waals surface area (Å²) in [6, 6.07) is 0. The predicted molar refractivity (Wildman–Crippen MR) is 45.8 cm³/mol. The van der Waals surface area contributed by atoms with Gasteiger partial charge >= 0.3 is 0 Å². The first kappa shape index (κ1) is 9.89. The molecule has 0 aromatic rings. The number of carbonyl (C=O) groups is 3. The summed E-state index contributed by atoms with van der Waals surface area (Å²) in [6.07, 6.45) is 0.612. The van der Waals surface area contributed by atoms with Gasteiger partial charge in [0.05, 0.1) is 6.54 Å². The molecule has 1 saturated heterocycles. The summed E-state index contributed by atoms with van der Waals surface area (Å²) < 4.78 is 0. The zero-order valence-corrected chi connectivity index (χ0v) is 7.87. The standard InChI is InChI=1S/C9H13NO3/c1-3-7(11)5-10-8(12)4-6(2)9(10)13/h6H,3-5H2,1-2H3. The quantitative estimate of drug-likeness (QED) is 0.593. The molecular formula is C9H13NO3. The summed E-state index contributed by atoms with van der Waals surface area (Å²) in [5.74, 6) is -0.765. The van der Waals surface area contributed by atoms with Crippen molar-refractivity contribution in [3.05, 3.63) is 0 Å². The van der Waals surface area contributed by atoms with Gasteiger partial charge in [-0.3, -0.25) is 19.3 Å². The highest BCUT2D eigenvalue weighted by atomic mass is 16.2. The van der Waals surface area contributed by atoms with Crippen LogP contribution in [0, 0.1) is 5.92 Å². The first-order valence-corrected chi connectivity index (χ1v) is 4.42. The van der Waals surface area contributed by atoms with Crippen molar-refractivity contribution in [2.75, 3.05) is 6.54 Å². The van der Waals surface area contributed by atoms with Crippen molar-refractivity contribution >= 4 is 17.6 Å². The van der Waals surface area contributed by atoms with Gasteiger partial charge in [0.15, 0.2) is 5.78 Å². The second-order valence-corrected chi connectivity index (χ2v) is 3.32. The maximum absolute atomic E-state index is 11.3. The number of carbonyl (C=O) groups excluding carboxylic acids is 3. The topological polar surface area (TPSA) is 54.5 Å². The van der Waals surface area contributed by atoms with E-state index in [0.717, 1.165) is 4.90 Å². The van der Waals surface area contributed by atoms with Gasteiger partial charge in [-0.05, 0) is 0 Å². The van der Waals surface area contributed by atoms with E-state index in [0.29, 0.717) is 6.42 Å². The fourth-order valence-corrected chi connectivity index (χ4v) is 1.30. The number of Topliss-reactive ketones (excluding diaryl/α,β-unsaturated/α-hetero) is 1. The molecule has 0 aromatic carbocycles. The lowest BCUT2D eigenvalue weighted by atomic mass is 10.1. The Bertz CT molecular complexity index is 260. The van der Waals surface area contributed by atoms with Crippen molar-refractivity contribution in [2.24, 2.45) is 5.92 Å². The first-order valence-electron chi connectivity index (χ1n) is 4.42. The third-order valence-corrected chi connectivity index (χ3v) is 2.20. The van der Waals surface area contributed by atoms with Crippen molar-refractivity contribution in [2.45, 2.75) is 26.7 Å². The van der Waals surface area contributed by atoms with Gasteiger partial charge in [-0.25, -0.2) is 0 Å². The molecule has 72 valence electrons. The summed E-state index contributed by atoms with van der Waals surface area (Å²) in [5.41, 5.74) is 0. The number of nitrogens with zero attached hydrogens (tertiary/aromatic N) is 1. The normalized spacial score (nSPS) is 22.6. The first-order chi connectivity index (χ1) is 6.06. The van der Waals surface area contributed by atoms with Crippen molar-refractivity contribution < 1.29 is 14.4 Å². The Balaban J connectivity index is 2.64. The SMILES string of the molecule is CCC(=O)CN1C(=O)CC(C)C1=O. The van der Waals surface area contributed by atoms with Gasteiger partial charge in [0, 0.05) is 18.8 Å². The summed E-state index contributed by atoms with van der Waals surface area (Å²) in [7, 11) is 0. The van der Waals surface area contributed by atoms with Crippen molar-refractivity contribution in [1.29, 1.82) is 0 Å². The highest BCUT2D eigenvalue weighted by molar-refractivity contribution is 6.05. The monoisotopic (exact) mass is 183 g/mol. The Labute approximate surface area is 76.9 Å². The van der Waals surface area contributed by atoms with Crippen LogP contribution in [0.4, 0.5) is 0 Å². The maximum Gasteiger partial charge on any atom is 0.232 e. The van der Waals surface area contributed by atoms with Crippen LogP contribution < -0.4 is 0 Å². The third-order valence-electron chi connectivity index (χ3n) is 2.20. The van der Waals surface area contributed by atoms with Gasteiger partial charge in [-0.15, -0.1) is 0 Å². The molecule has 2 amide bonds. The van der Waals surface area contributed by atoms with Crippen LogP contribution in [-0.2, 0) is 14.4 Å². The fraction of sp³-hybridized carbons (Fsp3) is 0.667. The van der Waals surface area contributed by atoms with E-state index in [1.165, 1.54) is 0 Å². The van der Waals surface area contributed by atoms with Crippen molar-refractivity contribution in [3.63, 3.8) is 0 Å². The molecule has 1 unspecified atom stereocenters. The molecule has 0 spiro atoms. The van der Waals surface area contributed by atoms with Crippen molar-refractivity contribution in [3.8, 4) is 0 Å². The average Bonchev–Trinajstić information content (AvgIpc) is 2.32. The predicted octanol–water partition coefficient (Wildman–Crippen LogP) is 0.361. The lowest BCUT2D eigenvalue weighted by Crippen LogP contribution is -2.35. The minimum absolute atomic E-state index is 0.0431. The van der Waals surface area contributed by atoms with Crippen LogP contribution in [0.3, 0.4) is 0 Å². The lowest BCUT2D eigenvalue weighted by Gasteiger charge is -2.11. The molecule has 0 radical (unpaired) electrons. The van der Waals surface area contributed by atoms with E-state index in [4.69, 9.17) is 0 Å². The smallest absolute Gasteiger partial charge is 0.232 e. The number of hydrogen-bond acceptors (Lipinski definition) is 3. The molecule has 1 atom stereocenters. The van der Waals surface area contributed by atoms with E-state index in [1.807, 2.05) is 0 Å². The lowest BCUT2D eigenvalue weighted by molar-refractivity contribution is -0.142. The Morgan fingerprint density at radius 2 is 2.15 bits per heavy atom. The molecule has 1 aliphatic heterocycles. The Morgan fingerprint density at radius 1 is 1.54 bits per heavy atom. The number of ketones is 1. The van der Waals surface area contributed by atoms with Gasteiger partial charge in [-0.2, -0.15) is 0 Å². The van der Waals surface area contributed by atoms with Crippen molar-refractivity contribution in [1.82, 2.24) is 4.90 Å². The van der Waals surface area contributed by atoms with E-state index >= 15 is 0 Å². The summed E-state index contributed by atoms with van der Waals surface area (Å²) >= 11 is 0. The van der Waals surface area contributed by atoms with Crippen LogP contribution in [0.25, 0.3) is 0 Å². The third kappa shape index (κ3) is 1.94. The molecule has 0 N–H and O–H groups in total. The molecule has 1 aliphatic rings. The number of amides is 2. The van der Waals surface area contributed by atoms with E-state index < -0.39 is 0 Å². The molecular weight excluding hydrogens is 170 g/mol. The highest BCUT2D eigenvalue weighted by Gasteiger charge is 2.35. The molecule has 0 bridgehead atoms. The van der Waals surface area contributed by atoms with E-state index in [9.17, 15) is 14.4 Å². The van der Waals surface area contributed by atoms with Gasteiger partial charge < -0.3 is 0 Å². The highest BCUT2D eigenvalue weighted by Crippen LogP contribution is 2.18. The fourth-order valence-electron chi connectivity index (χ4n) is 1.30. The van der Waals surface area contributed by atoms with Crippen LogP contribution in [-0.4, -0.2) is 29.0 Å². The van der Waals surface area contributed by atoms with Crippen LogP contribution in [0.2, 0.25) is 0 Å². The molecule has 0 aromatic heterocycles. The van der Waals surface area contributed by atoms with Crippen LogP contribution in [0.15, 0.2) is 0 Å². The van der Waals surface area contributed by atoms with Gasteiger partial charge in [-0.1, -0.05) is 13.8 Å². The molecule has 1 fully saturated rings. The zero-order chi connectivity index (χ0) is 10.0. The van der Waals surface area contributed by atoms with E-state index in [2.05, 4.69) is 0 Å². The van der Waals surface area contributed by atoms with Crippen LogP contribution in [0.1, 0.15) is 26.7 Å². The van der Waals surface area contributed by atoms with Crippen LogP contribution in [0.5, 0.6) is 0 Å². The summed E-state index contributed by atoms with van der Waals surface area (Å²) in [5, 5.41) is 0. The van der Waals surface area contributed by atoms with Gasteiger partial charge in [0.2, 0.25) is 11.8 Å². The molecule has 1 heterocycles. The van der Waals surface area contributed by atoms with E-state index in [1.54, 1.807) is 13.8 Å². The molecule has 1 rings (SSSR count). The molecule has 13 heavy (non-hydrogen) atoms. The van der Waals surface area contributed by atoms with Crippen LogP contribution >= 0.6 is 0 Å². The minimum Gasteiger partial charge on any atom is -0.298 e.